The molecule has 1 aromatic heterocycles. The predicted octanol–water partition coefficient (Wildman–Crippen LogP) is 4.00. The summed E-state index contributed by atoms with van der Waals surface area (Å²) in [5.41, 5.74) is 1.72. The Kier molecular flexibility index (Phi) is 5.27. The molecule has 0 fully saturated rings. The SMILES string of the molecule is CC(C)(C)OC(=O)N1CCc2[nH]nc(NC(=O)Nc3ccc(Cl)cc3)c2C1. The van der Waals surface area contributed by atoms with Crippen molar-refractivity contribution in [1.29, 1.82) is 0 Å². The van der Waals surface area contributed by atoms with Gasteiger partial charge in [-0.05, 0) is 45.0 Å². The van der Waals surface area contributed by atoms with Crippen LogP contribution >= 0.6 is 11.6 Å². The van der Waals surface area contributed by atoms with Gasteiger partial charge in [0.2, 0.25) is 0 Å². The lowest BCUT2D eigenvalue weighted by molar-refractivity contribution is 0.0224. The van der Waals surface area contributed by atoms with Crippen molar-refractivity contribution in [2.24, 2.45) is 0 Å². The van der Waals surface area contributed by atoms with Crippen molar-refractivity contribution in [3.63, 3.8) is 0 Å². The van der Waals surface area contributed by atoms with Gasteiger partial charge in [-0.25, -0.2) is 9.59 Å². The summed E-state index contributed by atoms with van der Waals surface area (Å²) >= 11 is 5.84. The zero-order chi connectivity index (χ0) is 19.6. The Morgan fingerprint density at radius 3 is 2.59 bits per heavy atom. The maximum atomic E-state index is 12.3. The number of nitrogens with one attached hydrogen (secondary N) is 3. The number of H-pyrrole nitrogens is 1. The predicted molar refractivity (Wildman–Crippen MR) is 103 cm³/mol. The molecule has 0 spiro atoms. The number of carbonyl (C=O) groups excluding carboxylic acids is 2. The number of urea groups is 1. The number of benzene rings is 1. The monoisotopic (exact) mass is 391 g/mol. The van der Waals surface area contributed by atoms with E-state index >= 15 is 0 Å². The van der Waals surface area contributed by atoms with Crippen molar-refractivity contribution in [3.8, 4) is 0 Å². The third kappa shape index (κ3) is 4.91. The van der Waals surface area contributed by atoms with Gasteiger partial charge in [-0.2, -0.15) is 5.10 Å². The number of aromatic amines is 1. The van der Waals surface area contributed by atoms with Crippen molar-refractivity contribution < 1.29 is 14.3 Å². The first-order chi connectivity index (χ1) is 12.7. The van der Waals surface area contributed by atoms with Crippen LogP contribution in [0, 0.1) is 0 Å². The number of nitrogens with zero attached hydrogens (tertiary/aromatic N) is 2. The fraction of sp³-hybridized carbons (Fsp3) is 0.389. The molecule has 144 valence electrons. The van der Waals surface area contributed by atoms with Crippen LogP contribution in [0.4, 0.5) is 21.1 Å². The molecule has 1 aliphatic heterocycles. The highest BCUT2D eigenvalue weighted by atomic mass is 35.5. The topological polar surface area (TPSA) is 99.3 Å². The summed E-state index contributed by atoms with van der Waals surface area (Å²) in [6, 6.07) is 6.35. The van der Waals surface area contributed by atoms with Gasteiger partial charge in [-0.1, -0.05) is 11.6 Å². The first kappa shape index (κ1) is 19.0. The molecule has 3 N–H and O–H groups in total. The molecular formula is C18H22ClN5O3. The maximum absolute atomic E-state index is 12.3. The van der Waals surface area contributed by atoms with Crippen molar-refractivity contribution in [2.75, 3.05) is 17.2 Å². The minimum absolute atomic E-state index is 0.317. The molecule has 8 nitrogen and oxygen atoms in total. The highest BCUT2D eigenvalue weighted by Crippen LogP contribution is 2.25. The van der Waals surface area contributed by atoms with Crippen LogP contribution in [0.2, 0.25) is 5.02 Å². The second-order valence-corrected chi connectivity index (χ2v) is 7.70. The second kappa shape index (κ2) is 7.48. The number of hydrogen-bond acceptors (Lipinski definition) is 4. The Labute approximate surface area is 162 Å². The first-order valence-corrected chi connectivity index (χ1v) is 8.97. The number of amides is 3. The summed E-state index contributed by atoms with van der Waals surface area (Å²) in [7, 11) is 0. The largest absolute Gasteiger partial charge is 0.444 e. The summed E-state index contributed by atoms with van der Waals surface area (Å²) in [4.78, 5) is 26.2. The molecule has 0 unspecified atom stereocenters. The van der Waals surface area contributed by atoms with E-state index < -0.39 is 11.6 Å². The van der Waals surface area contributed by atoms with Crippen molar-refractivity contribution >= 4 is 35.2 Å². The highest BCUT2D eigenvalue weighted by Gasteiger charge is 2.29. The zero-order valence-corrected chi connectivity index (χ0v) is 16.2. The Morgan fingerprint density at radius 1 is 1.22 bits per heavy atom. The third-order valence-corrected chi connectivity index (χ3v) is 4.17. The quantitative estimate of drug-likeness (QED) is 0.720. The van der Waals surface area contributed by atoms with E-state index in [2.05, 4.69) is 20.8 Å². The molecule has 0 saturated heterocycles. The second-order valence-electron chi connectivity index (χ2n) is 7.27. The molecule has 9 heteroatoms. The minimum atomic E-state index is -0.562. The number of anilines is 2. The van der Waals surface area contributed by atoms with Crippen LogP contribution in [-0.2, 0) is 17.7 Å². The molecule has 1 aliphatic rings. The standard InChI is InChI=1S/C18H22ClN5O3/c1-18(2,3)27-17(26)24-9-8-14-13(10-24)15(23-22-14)21-16(25)20-12-6-4-11(19)5-7-12/h4-7H,8-10H2,1-3H3,(H3,20,21,22,23,25). The maximum Gasteiger partial charge on any atom is 0.410 e. The van der Waals surface area contributed by atoms with Crippen LogP contribution in [0.3, 0.4) is 0 Å². The van der Waals surface area contributed by atoms with Crippen LogP contribution in [0.15, 0.2) is 24.3 Å². The van der Waals surface area contributed by atoms with E-state index in [4.69, 9.17) is 16.3 Å². The number of halogens is 1. The minimum Gasteiger partial charge on any atom is -0.444 e. The molecule has 0 saturated carbocycles. The summed E-state index contributed by atoms with van der Waals surface area (Å²) in [6.45, 7) is 6.32. The average Bonchev–Trinajstić information content (AvgIpc) is 2.97. The summed E-state index contributed by atoms with van der Waals surface area (Å²) in [5, 5.41) is 13.1. The third-order valence-electron chi connectivity index (χ3n) is 3.92. The normalized spacial score (nSPS) is 13.7. The summed E-state index contributed by atoms with van der Waals surface area (Å²) in [6.07, 6.45) is 0.230. The van der Waals surface area contributed by atoms with Crippen molar-refractivity contribution in [3.05, 3.63) is 40.5 Å². The molecule has 3 rings (SSSR count). The van der Waals surface area contributed by atoms with Gasteiger partial charge in [0.1, 0.15) is 5.60 Å². The Bertz CT molecular complexity index is 842. The average molecular weight is 392 g/mol. The zero-order valence-electron chi connectivity index (χ0n) is 15.4. The van der Waals surface area contributed by atoms with Gasteiger partial charge in [0, 0.05) is 34.9 Å². The molecule has 2 heterocycles. The molecule has 3 amide bonds. The lowest BCUT2D eigenvalue weighted by atomic mass is 10.1. The fourth-order valence-corrected chi connectivity index (χ4v) is 2.81. The highest BCUT2D eigenvalue weighted by molar-refractivity contribution is 6.30. The van der Waals surface area contributed by atoms with Crippen LogP contribution in [0.5, 0.6) is 0 Å². The van der Waals surface area contributed by atoms with Gasteiger partial charge in [0.25, 0.3) is 0 Å². The Hall–Kier alpha value is -2.74. The van der Waals surface area contributed by atoms with Gasteiger partial charge in [0.05, 0.1) is 6.54 Å². The number of aromatic nitrogens is 2. The van der Waals surface area contributed by atoms with Gasteiger partial charge < -0.3 is 15.0 Å². The van der Waals surface area contributed by atoms with Crippen molar-refractivity contribution in [1.82, 2.24) is 15.1 Å². The fourth-order valence-electron chi connectivity index (χ4n) is 2.68. The van der Waals surface area contributed by atoms with E-state index in [9.17, 15) is 9.59 Å². The van der Waals surface area contributed by atoms with Crippen LogP contribution in [-0.4, -0.2) is 39.4 Å². The summed E-state index contributed by atoms with van der Waals surface area (Å²) in [5.74, 6) is 0.393. The number of rotatable bonds is 2. The molecule has 0 aliphatic carbocycles. The van der Waals surface area contributed by atoms with Gasteiger partial charge >= 0.3 is 12.1 Å². The van der Waals surface area contributed by atoms with Crippen LogP contribution in [0.1, 0.15) is 32.0 Å². The van der Waals surface area contributed by atoms with E-state index in [0.717, 1.165) is 11.3 Å². The lowest BCUT2D eigenvalue weighted by Crippen LogP contribution is -2.40. The van der Waals surface area contributed by atoms with E-state index in [1.165, 1.54) is 0 Å². The Morgan fingerprint density at radius 2 is 1.93 bits per heavy atom. The number of ether oxygens (including phenoxy) is 1. The molecule has 1 aromatic carbocycles. The van der Waals surface area contributed by atoms with Gasteiger partial charge in [-0.15, -0.1) is 0 Å². The van der Waals surface area contributed by atoms with E-state index in [-0.39, 0.29) is 6.09 Å². The molecule has 0 bridgehead atoms. The van der Waals surface area contributed by atoms with Crippen LogP contribution < -0.4 is 10.6 Å². The smallest absolute Gasteiger partial charge is 0.410 e. The number of fused-ring (bicyclic) bond motifs is 1. The van der Waals surface area contributed by atoms with Crippen LogP contribution in [0.25, 0.3) is 0 Å². The number of carbonyl (C=O) groups is 2. The molecule has 0 radical (unpaired) electrons. The van der Waals surface area contributed by atoms with E-state index in [0.29, 0.717) is 36.0 Å². The lowest BCUT2D eigenvalue weighted by Gasteiger charge is -2.30. The van der Waals surface area contributed by atoms with Gasteiger partial charge in [-0.3, -0.25) is 10.4 Å². The summed E-state index contributed by atoms with van der Waals surface area (Å²) < 4.78 is 5.42. The number of hydrogen-bond donors (Lipinski definition) is 3. The Balaban J connectivity index is 1.66. The molecular weight excluding hydrogens is 370 g/mol. The van der Waals surface area contributed by atoms with Crippen molar-refractivity contribution in [2.45, 2.75) is 39.3 Å². The molecule has 2 aromatic rings. The van der Waals surface area contributed by atoms with E-state index in [1.54, 1.807) is 29.2 Å². The molecule has 0 atom stereocenters. The van der Waals surface area contributed by atoms with Gasteiger partial charge in [0.15, 0.2) is 5.82 Å². The van der Waals surface area contributed by atoms with E-state index in [1.807, 2.05) is 20.8 Å². The molecule has 27 heavy (non-hydrogen) atoms. The first-order valence-electron chi connectivity index (χ1n) is 8.59.